The van der Waals surface area contributed by atoms with Crippen molar-refractivity contribution < 1.29 is 0 Å². The van der Waals surface area contributed by atoms with Gasteiger partial charge in [-0.25, -0.2) is 9.97 Å². The number of aromatic amines is 1. The van der Waals surface area contributed by atoms with E-state index in [0.29, 0.717) is 12.4 Å². The standard InChI is InChI=1S/C27H26N6/c1-33(2)20-14-12-19(13-15-20)26-31-25-10-4-3-8-21(25)27(32-26)30-18-22(24-11-7-17-29-24)23-9-5-6-16-28-23/h3-17,22,29H,18H2,1-2H3,(H,30,31,32). The van der Waals surface area contributed by atoms with Gasteiger partial charge in [-0.2, -0.15) is 0 Å². The van der Waals surface area contributed by atoms with Gasteiger partial charge in [-0.15, -0.1) is 0 Å². The molecule has 0 aliphatic heterocycles. The number of fused-ring (bicyclic) bond motifs is 1. The number of rotatable bonds is 7. The molecule has 0 saturated heterocycles. The van der Waals surface area contributed by atoms with Crippen LogP contribution in [0.4, 0.5) is 11.5 Å². The Morgan fingerprint density at radius 3 is 2.42 bits per heavy atom. The number of nitrogens with one attached hydrogen (secondary N) is 2. The molecule has 6 nitrogen and oxygen atoms in total. The van der Waals surface area contributed by atoms with Crippen LogP contribution in [0.2, 0.25) is 0 Å². The average Bonchev–Trinajstić information content (AvgIpc) is 3.39. The lowest BCUT2D eigenvalue weighted by Crippen LogP contribution is -2.16. The molecule has 3 heterocycles. The van der Waals surface area contributed by atoms with E-state index in [1.807, 2.05) is 62.9 Å². The topological polar surface area (TPSA) is 69.7 Å². The van der Waals surface area contributed by atoms with Crippen LogP contribution >= 0.6 is 0 Å². The molecule has 6 heteroatoms. The first-order chi connectivity index (χ1) is 16.2. The number of H-pyrrole nitrogens is 1. The van der Waals surface area contributed by atoms with Crippen molar-refractivity contribution in [2.24, 2.45) is 0 Å². The minimum Gasteiger partial charge on any atom is -0.378 e. The first-order valence-corrected chi connectivity index (χ1v) is 11.0. The monoisotopic (exact) mass is 434 g/mol. The van der Waals surface area contributed by atoms with Gasteiger partial charge in [0, 0.05) is 55.4 Å². The Morgan fingerprint density at radius 2 is 1.70 bits per heavy atom. The maximum absolute atomic E-state index is 4.93. The molecule has 0 radical (unpaired) electrons. The van der Waals surface area contributed by atoms with E-state index in [9.17, 15) is 0 Å². The zero-order valence-electron chi connectivity index (χ0n) is 18.7. The van der Waals surface area contributed by atoms with Crippen LogP contribution < -0.4 is 10.2 Å². The predicted octanol–water partition coefficient (Wildman–Crippen LogP) is 5.33. The van der Waals surface area contributed by atoms with E-state index in [1.54, 1.807) is 0 Å². The molecule has 5 aromatic rings. The first-order valence-electron chi connectivity index (χ1n) is 11.0. The maximum Gasteiger partial charge on any atom is 0.162 e. The second kappa shape index (κ2) is 9.12. The fraction of sp³-hybridized carbons (Fsp3) is 0.148. The van der Waals surface area contributed by atoms with Crippen molar-refractivity contribution in [3.8, 4) is 11.4 Å². The third-order valence-electron chi connectivity index (χ3n) is 5.76. The van der Waals surface area contributed by atoms with Crippen molar-refractivity contribution in [2.45, 2.75) is 5.92 Å². The van der Waals surface area contributed by atoms with Crippen LogP contribution in [0, 0.1) is 0 Å². The van der Waals surface area contributed by atoms with E-state index in [4.69, 9.17) is 9.97 Å². The molecule has 1 atom stereocenters. The Hall–Kier alpha value is -4.19. The van der Waals surface area contributed by atoms with Gasteiger partial charge < -0.3 is 15.2 Å². The molecule has 33 heavy (non-hydrogen) atoms. The summed E-state index contributed by atoms with van der Waals surface area (Å²) < 4.78 is 0. The van der Waals surface area contributed by atoms with Crippen LogP contribution in [-0.4, -0.2) is 40.6 Å². The van der Waals surface area contributed by atoms with E-state index >= 15 is 0 Å². The molecule has 0 bridgehead atoms. The summed E-state index contributed by atoms with van der Waals surface area (Å²) in [5.41, 5.74) is 5.15. The van der Waals surface area contributed by atoms with Gasteiger partial charge in [0.1, 0.15) is 5.82 Å². The van der Waals surface area contributed by atoms with Crippen LogP contribution in [0.3, 0.4) is 0 Å². The molecule has 0 amide bonds. The molecule has 2 aromatic carbocycles. The molecule has 1 unspecified atom stereocenters. The van der Waals surface area contributed by atoms with E-state index < -0.39 is 0 Å². The third kappa shape index (κ3) is 4.41. The van der Waals surface area contributed by atoms with Gasteiger partial charge in [-0.3, -0.25) is 4.98 Å². The third-order valence-corrected chi connectivity index (χ3v) is 5.76. The molecule has 0 aliphatic carbocycles. The molecule has 0 saturated carbocycles. The number of benzene rings is 2. The highest BCUT2D eigenvalue weighted by molar-refractivity contribution is 5.90. The van der Waals surface area contributed by atoms with Crippen molar-refractivity contribution in [2.75, 3.05) is 30.9 Å². The van der Waals surface area contributed by atoms with E-state index in [0.717, 1.165) is 39.4 Å². The predicted molar refractivity (Wildman–Crippen MR) is 135 cm³/mol. The molecule has 0 fully saturated rings. The van der Waals surface area contributed by atoms with E-state index in [2.05, 4.69) is 62.6 Å². The van der Waals surface area contributed by atoms with Crippen molar-refractivity contribution in [1.82, 2.24) is 19.9 Å². The van der Waals surface area contributed by atoms with Crippen molar-refractivity contribution >= 4 is 22.4 Å². The minimum atomic E-state index is 0.0674. The quantitative estimate of drug-likeness (QED) is 0.362. The average molecular weight is 435 g/mol. The molecule has 0 aliphatic rings. The number of para-hydroxylation sites is 1. The Labute approximate surface area is 193 Å². The zero-order chi connectivity index (χ0) is 22.6. The molecule has 2 N–H and O–H groups in total. The molecular weight excluding hydrogens is 408 g/mol. The smallest absolute Gasteiger partial charge is 0.162 e. The van der Waals surface area contributed by atoms with E-state index in [1.165, 1.54) is 0 Å². The van der Waals surface area contributed by atoms with Crippen molar-refractivity contribution in [3.63, 3.8) is 0 Å². The summed E-state index contributed by atoms with van der Waals surface area (Å²) in [7, 11) is 4.07. The number of pyridine rings is 1. The lowest BCUT2D eigenvalue weighted by atomic mass is 10.0. The molecular formula is C27H26N6. The van der Waals surface area contributed by atoms with Gasteiger partial charge in [0.05, 0.1) is 17.1 Å². The first kappa shape index (κ1) is 20.7. The van der Waals surface area contributed by atoms with Gasteiger partial charge in [-0.1, -0.05) is 18.2 Å². The summed E-state index contributed by atoms with van der Waals surface area (Å²) in [4.78, 5) is 19.8. The molecule has 0 spiro atoms. The summed E-state index contributed by atoms with van der Waals surface area (Å²) in [6, 6.07) is 26.5. The number of aromatic nitrogens is 4. The van der Waals surface area contributed by atoms with E-state index in [-0.39, 0.29) is 5.92 Å². The zero-order valence-corrected chi connectivity index (χ0v) is 18.7. The lowest BCUT2D eigenvalue weighted by molar-refractivity contribution is 0.790. The fourth-order valence-electron chi connectivity index (χ4n) is 3.96. The van der Waals surface area contributed by atoms with Crippen molar-refractivity contribution in [1.29, 1.82) is 0 Å². The number of hydrogen-bond donors (Lipinski definition) is 2. The SMILES string of the molecule is CN(C)c1ccc(-c2nc(NCC(c3ccccn3)c3ccc[nH]3)c3ccccc3n2)cc1. The Balaban J connectivity index is 1.50. The number of hydrogen-bond acceptors (Lipinski definition) is 5. The van der Waals surface area contributed by atoms with Gasteiger partial charge >= 0.3 is 0 Å². The highest BCUT2D eigenvalue weighted by atomic mass is 15.1. The van der Waals surface area contributed by atoms with Crippen LogP contribution in [-0.2, 0) is 0 Å². The Kier molecular flexibility index (Phi) is 5.72. The van der Waals surface area contributed by atoms with Gasteiger partial charge in [0.25, 0.3) is 0 Å². The van der Waals surface area contributed by atoms with Crippen LogP contribution in [0.15, 0.2) is 91.3 Å². The summed E-state index contributed by atoms with van der Waals surface area (Å²) in [6.07, 6.45) is 3.78. The highest BCUT2D eigenvalue weighted by Gasteiger charge is 2.18. The Bertz CT molecular complexity index is 1330. The second-order valence-corrected chi connectivity index (χ2v) is 8.17. The normalized spacial score (nSPS) is 11.9. The van der Waals surface area contributed by atoms with Gasteiger partial charge in [0.2, 0.25) is 0 Å². The second-order valence-electron chi connectivity index (χ2n) is 8.17. The van der Waals surface area contributed by atoms with Crippen LogP contribution in [0.25, 0.3) is 22.3 Å². The maximum atomic E-state index is 4.93. The highest BCUT2D eigenvalue weighted by Crippen LogP contribution is 2.28. The molecule has 164 valence electrons. The lowest BCUT2D eigenvalue weighted by Gasteiger charge is -2.18. The summed E-state index contributed by atoms with van der Waals surface area (Å²) >= 11 is 0. The summed E-state index contributed by atoms with van der Waals surface area (Å²) in [5, 5.41) is 4.59. The van der Waals surface area contributed by atoms with Gasteiger partial charge in [0.15, 0.2) is 5.82 Å². The van der Waals surface area contributed by atoms with Crippen molar-refractivity contribution in [3.05, 3.63) is 103 Å². The fourth-order valence-corrected chi connectivity index (χ4v) is 3.96. The van der Waals surface area contributed by atoms with Crippen LogP contribution in [0.5, 0.6) is 0 Å². The minimum absolute atomic E-state index is 0.0674. The number of anilines is 2. The summed E-state index contributed by atoms with van der Waals surface area (Å²) in [6.45, 7) is 0.650. The summed E-state index contributed by atoms with van der Waals surface area (Å²) in [5.74, 6) is 1.59. The number of nitrogens with zero attached hydrogens (tertiary/aromatic N) is 4. The molecule has 5 rings (SSSR count). The molecule has 3 aromatic heterocycles. The van der Waals surface area contributed by atoms with Gasteiger partial charge in [-0.05, 0) is 60.7 Å². The Morgan fingerprint density at radius 1 is 0.879 bits per heavy atom. The largest absolute Gasteiger partial charge is 0.378 e. The van der Waals surface area contributed by atoms with Crippen LogP contribution in [0.1, 0.15) is 17.3 Å².